The van der Waals surface area contributed by atoms with E-state index in [9.17, 15) is 0 Å². The van der Waals surface area contributed by atoms with Gasteiger partial charge >= 0.3 is 0 Å². The Bertz CT molecular complexity index is 1330. The highest BCUT2D eigenvalue weighted by Gasteiger charge is 2.29. The van der Waals surface area contributed by atoms with E-state index in [0.717, 1.165) is 0 Å². The first kappa shape index (κ1) is 32.2. The van der Waals surface area contributed by atoms with Gasteiger partial charge in [-0.1, -0.05) is 138 Å². The topological polar surface area (TPSA) is 0 Å². The second-order valence-electron chi connectivity index (χ2n) is 12.2. The van der Waals surface area contributed by atoms with Crippen molar-refractivity contribution in [2.45, 2.75) is 119 Å². The zero-order valence-corrected chi connectivity index (χ0v) is 28.9. The maximum atomic E-state index is 2.60. The van der Waals surface area contributed by atoms with Crippen molar-refractivity contribution in [3.63, 3.8) is 0 Å². The normalized spacial score (nSPS) is 15.4. The molecule has 4 rings (SSSR count). The largest absolute Gasteiger partial charge is 0.0771 e. The summed E-state index contributed by atoms with van der Waals surface area (Å²) in [5.41, 5.74) is 13.8. The zero-order chi connectivity index (χ0) is 29.4. The van der Waals surface area contributed by atoms with E-state index in [1.807, 2.05) is 0 Å². The monoisotopic (exact) mass is 584 g/mol. The molecular formula is C39H54P2. The fraction of sp³-hybridized carbons (Fsp3) is 0.513. The van der Waals surface area contributed by atoms with Gasteiger partial charge < -0.3 is 0 Å². The minimum Gasteiger partial charge on any atom is -0.0771 e. The highest BCUT2D eigenvalue weighted by Crippen LogP contribution is 2.47. The van der Waals surface area contributed by atoms with Gasteiger partial charge in [-0.3, -0.25) is 0 Å². The molecule has 1 unspecified atom stereocenters. The highest BCUT2D eigenvalue weighted by molar-refractivity contribution is 7.65. The van der Waals surface area contributed by atoms with Gasteiger partial charge in [-0.2, -0.15) is 0 Å². The molecule has 0 N–H and O–H groups in total. The molecular weight excluding hydrogens is 530 g/mol. The summed E-state index contributed by atoms with van der Waals surface area (Å²) in [5, 5.41) is 4.89. The summed E-state index contributed by atoms with van der Waals surface area (Å²) in [6, 6.07) is 9.80. The molecule has 1 atom stereocenters. The molecule has 220 valence electrons. The molecule has 1 heterocycles. The minimum absolute atomic E-state index is 0.281. The molecule has 0 spiro atoms. The molecule has 2 heteroatoms. The van der Waals surface area contributed by atoms with Gasteiger partial charge in [0.25, 0.3) is 0 Å². The van der Waals surface area contributed by atoms with Crippen LogP contribution in [0.25, 0.3) is 11.1 Å². The van der Waals surface area contributed by atoms with Crippen LogP contribution in [0.5, 0.6) is 0 Å². The maximum absolute atomic E-state index is 2.60. The van der Waals surface area contributed by atoms with E-state index in [1.165, 1.54) is 119 Å². The van der Waals surface area contributed by atoms with Crippen molar-refractivity contribution in [2.24, 2.45) is 0 Å². The van der Waals surface area contributed by atoms with Crippen molar-refractivity contribution < 1.29 is 0 Å². The predicted molar refractivity (Wildman–Crippen MR) is 190 cm³/mol. The lowest BCUT2D eigenvalue weighted by atomic mass is 9.85. The van der Waals surface area contributed by atoms with Gasteiger partial charge in [-0.25, -0.2) is 0 Å². The van der Waals surface area contributed by atoms with Crippen LogP contribution in [0.2, 0.25) is 0 Å². The Morgan fingerprint density at radius 3 is 2.24 bits per heavy atom. The second-order valence-corrected chi connectivity index (χ2v) is 15.7. The van der Waals surface area contributed by atoms with Crippen molar-refractivity contribution in [3.8, 4) is 11.1 Å². The number of benzene rings is 2. The summed E-state index contributed by atoms with van der Waals surface area (Å²) in [6.07, 6.45) is 23.8. The van der Waals surface area contributed by atoms with Crippen LogP contribution in [0.1, 0.15) is 120 Å². The molecule has 1 aliphatic carbocycles. The fourth-order valence-corrected chi connectivity index (χ4v) is 10.5. The molecule has 0 saturated carbocycles. The van der Waals surface area contributed by atoms with Crippen LogP contribution in [0, 0.1) is 13.8 Å². The Labute approximate surface area is 255 Å². The van der Waals surface area contributed by atoms with E-state index in [2.05, 4.69) is 90.7 Å². The van der Waals surface area contributed by atoms with E-state index in [0.29, 0.717) is 0 Å². The lowest BCUT2D eigenvalue weighted by Crippen LogP contribution is -2.21. The van der Waals surface area contributed by atoms with Gasteiger partial charge in [0.2, 0.25) is 0 Å². The number of fused-ring (bicyclic) bond motifs is 1. The van der Waals surface area contributed by atoms with E-state index >= 15 is 0 Å². The molecule has 41 heavy (non-hydrogen) atoms. The summed E-state index contributed by atoms with van der Waals surface area (Å²) in [4.78, 5) is 0. The first-order valence-electron chi connectivity index (χ1n) is 16.6. The number of rotatable bonds is 16. The maximum Gasteiger partial charge on any atom is 0.0178 e. The number of hydrogen-bond acceptors (Lipinski definition) is 0. The SMILES string of the molecule is CCCCCCCCP(C)c1c(C2=PC(CCC)=C3C=CC=C23)cc(C)c(C)c1-c1cccc(CCC)c1CCC. The molecule has 2 aromatic rings. The summed E-state index contributed by atoms with van der Waals surface area (Å²) < 4.78 is 0. The zero-order valence-electron chi connectivity index (χ0n) is 27.1. The van der Waals surface area contributed by atoms with Crippen LogP contribution in [0.3, 0.4) is 0 Å². The van der Waals surface area contributed by atoms with E-state index in [4.69, 9.17) is 0 Å². The molecule has 0 nitrogen and oxygen atoms in total. The van der Waals surface area contributed by atoms with Crippen LogP contribution in [-0.4, -0.2) is 18.1 Å². The van der Waals surface area contributed by atoms with Crippen molar-refractivity contribution in [2.75, 3.05) is 12.8 Å². The number of allylic oxidation sites excluding steroid dienone is 6. The number of hydrogen-bond donors (Lipinski definition) is 0. The average Bonchev–Trinajstić information content (AvgIpc) is 3.57. The quantitative estimate of drug-likeness (QED) is 0.136. The van der Waals surface area contributed by atoms with E-state index < -0.39 is 0 Å². The third kappa shape index (κ3) is 7.26. The first-order valence-corrected chi connectivity index (χ1v) is 19.5. The van der Waals surface area contributed by atoms with Gasteiger partial charge in [0.1, 0.15) is 0 Å². The average molecular weight is 585 g/mol. The lowest BCUT2D eigenvalue weighted by Gasteiger charge is -2.27. The molecule has 0 fully saturated rings. The summed E-state index contributed by atoms with van der Waals surface area (Å²) >= 11 is 0. The standard InChI is InChI=1S/C39H54P2/c1-8-12-13-14-15-16-26-41(7)39-35(38-34-25-18-23-32(34)36(40-38)21-11-4)27-28(5)29(6)37(39)33-24-17-22-30(19-9-2)31(33)20-10-3/h17-18,22-25,27H,8-16,19-21,26H2,1-7H3. The Kier molecular flexibility index (Phi) is 12.3. The smallest absolute Gasteiger partial charge is 0.0178 e. The lowest BCUT2D eigenvalue weighted by molar-refractivity contribution is 0.626. The fourth-order valence-electron chi connectivity index (χ4n) is 6.73. The van der Waals surface area contributed by atoms with Crippen molar-refractivity contribution in [3.05, 3.63) is 86.8 Å². The molecule has 0 saturated heterocycles. The molecule has 2 aromatic carbocycles. The van der Waals surface area contributed by atoms with Crippen LogP contribution in [0.4, 0.5) is 0 Å². The number of unbranched alkanes of at least 4 members (excludes halogenated alkanes) is 5. The third-order valence-corrected chi connectivity index (χ3v) is 12.6. The van der Waals surface area contributed by atoms with Crippen molar-refractivity contribution in [1.82, 2.24) is 0 Å². The van der Waals surface area contributed by atoms with Gasteiger partial charge in [0.05, 0.1) is 0 Å². The molecule has 0 bridgehead atoms. The molecule has 0 amide bonds. The van der Waals surface area contributed by atoms with Crippen molar-refractivity contribution in [1.29, 1.82) is 0 Å². The Balaban J connectivity index is 1.89. The first-order chi connectivity index (χ1) is 20.0. The van der Waals surface area contributed by atoms with E-state index in [1.54, 1.807) is 38.2 Å². The minimum atomic E-state index is -0.281. The molecule has 1 aliphatic heterocycles. The van der Waals surface area contributed by atoms with Crippen LogP contribution >= 0.6 is 16.1 Å². The summed E-state index contributed by atoms with van der Waals surface area (Å²) in [7, 11) is 1.17. The summed E-state index contributed by atoms with van der Waals surface area (Å²) in [5.74, 6) is 0. The Hall–Kier alpha value is -1.74. The molecule has 0 aromatic heterocycles. The third-order valence-electron chi connectivity index (χ3n) is 8.98. The Morgan fingerprint density at radius 2 is 1.51 bits per heavy atom. The predicted octanol–water partition coefficient (Wildman–Crippen LogP) is 12.0. The van der Waals surface area contributed by atoms with Crippen molar-refractivity contribution >= 4 is 26.7 Å². The van der Waals surface area contributed by atoms with Gasteiger partial charge in [-0.15, -0.1) is 0 Å². The van der Waals surface area contributed by atoms with Crippen LogP contribution in [-0.2, 0) is 12.8 Å². The van der Waals surface area contributed by atoms with Gasteiger partial charge in [0.15, 0.2) is 0 Å². The van der Waals surface area contributed by atoms with E-state index in [-0.39, 0.29) is 7.92 Å². The van der Waals surface area contributed by atoms with Crippen LogP contribution in [0.15, 0.2) is 59.0 Å². The highest BCUT2D eigenvalue weighted by atomic mass is 31.1. The number of aryl methyl sites for hydroxylation is 2. The van der Waals surface area contributed by atoms with Crippen LogP contribution < -0.4 is 5.30 Å². The molecule has 2 aliphatic rings. The molecule has 0 radical (unpaired) electrons. The van der Waals surface area contributed by atoms with Gasteiger partial charge in [-0.05, 0) is 113 Å². The van der Waals surface area contributed by atoms with Gasteiger partial charge in [0, 0.05) is 5.29 Å². The summed E-state index contributed by atoms with van der Waals surface area (Å²) in [6.45, 7) is 16.7. The second kappa shape index (κ2) is 15.6. The Morgan fingerprint density at radius 1 is 0.780 bits per heavy atom.